The Hall–Kier alpha value is -1.62. The van der Waals surface area contributed by atoms with Crippen molar-refractivity contribution in [2.75, 3.05) is 7.05 Å². The number of amidine groups is 1. The van der Waals surface area contributed by atoms with Crippen LogP contribution in [0.2, 0.25) is 0 Å². The Kier molecular flexibility index (Phi) is 5.30. The molecule has 0 saturated carbocycles. The Bertz CT molecular complexity index is 460. The first-order valence-corrected chi connectivity index (χ1v) is 6.33. The van der Waals surface area contributed by atoms with Crippen LogP contribution in [0.5, 0.6) is 0 Å². The summed E-state index contributed by atoms with van der Waals surface area (Å²) in [6.07, 6.45) is 0. The van der Waals surface area contributed by atoms with Gasteiger partial charge in [-0.05, 0) is 37.6 Å². The van der Waals surface area contributed by atoms with Crippen molar-refractivity contribution < 1.29 is 9.60 Å². The molecule has 4 nitrogen and oxygen atoms in total. The predicted octanol–water partition coefficient (Wildman–Crippen LogP) is 2.40. The van der Waals surface area contributed by atoms with Crippen molar-refractivity contribution in [1.29, 1.82) is 0 Å². The molecular weight excluding hydrogens is 245 g/mol. The number of hydrogen-bond donors (Lipinski definition) is 2. The van der Waals surface area contributed by atoms with Gasteiger partial charge in [-0.3, -0.25) is 4.90 Å². The van der Waals surface area contributed by atoms with Crippen LogP contribution in [0.4, 0.5) is 4.39 Å². The summed E-state index contributed by atoms with van der Waals surface area (Å²) in [6, 6.07) is 4.73. The minimum Gasteiger partial charge on any atom is -0.409 e. The highest BCUT2D eigenvalue weighted by Gasteiger charge is 2.16. The highest BCUT2D eigenvalue weighted by molar-refractivity contribution is 5.98. The Morgan fingerprint density at radius 1 is 1.42 bits per heavy atom. The summed E-state index contributed by atoms with van der Waals surface area (Å²) >= 11 is 0. The van der Waals surface area contributed by atoms with E-state index in [1.165, 1.54) is 12.1 Å². The van der Waals surface area contributed by atoms with Crippen molar-refractivity contribution in [2.24, 2.45) is 16.8 Å². The summed E-state index contributed by atoms with van der Waals surface area (Å²) in [4.78, 5) is 2.16. The van der Waals surface area contributed by atoms with Crippen molar-refractivity contribution in [1.82, 2.24) is 4.90 Å². The fraction of sp³-hybridized carbons (Fsp3) is 0.500. The third kappa shape index (κ3) is 3.92. The molecule has 19 heavy (non-hydrogen) atoms. The molecule has 1 unspecified atom stereocenters. The molecule has 1 atom stereocenters. The van der Waals surface area contributed by atoms with Gasteiger partial charge in [-0.1, -0.05) is 25.1 Å². The number of nitrogens with two attached hydrogens (primary N) is 1. The maximum atomic E-state index is 13.3. The molecule has 0 bridgehead atoms. The number of benzene rings is 1. The lowest BCUT2D eigenvalue weighted by molar-refractivity contribution is 0.200. The van der Waals surface area contributed by atoms with Crippen LogP contribution < -0.4 is 5.73 Å². The van der Waals surface area contributed by atoms with Gasteiger partial charge in [0.25, 0.3) is 0 Å². The van der Waals surface area contributed by atoms with E-state index in [2.05, 4.69) is 30.8 Å². The Labute approximate surface area is 113 Å². The third-order valence-electron chi connectivity index (χ3n) is 3.54. The number of rotatable bonds is 5. The molecule has 0 radical (unpaired) electrons. The maximum Gasteiger partial charge on any atom is 0.170 e. The average molecular weight is 267 g/mol. The molecule has 1 aromatic rings. The molecule has 0 saturated heterocycles. The van der Waals surface area contributed by atoms with Crippen molar-refractivity contribution in [3.8, 4) is 0 Å². The summed E-state index contributed by atoms with van der Waals surface area (Å²) in [5.41, 5.74) is 6.87. The fourth-order valence-corrected chi connectivity index (χ4v) is 1.90. The summed E-state index contributed by atoms with van der Waals surface area (Å²) in [5, 5.41) is 11.7. The van der Waals surface area contributed by atoms with Crippen molar-refractivity contribution in [2.45, 2.75) is 33.4 Å². The fourth-order valence-electron chi connectivity index (χ4n) is 1.90. The number of nitrogens with zero attached hydrogens (tertiary/aromatic N) is 2. The molecule has 1 rings (SSSR count). The highest BCUT2D eigenvalue weighted by Crippen LogP contribution is 2.17. The zero-order valence-electron chi connectivity index (χ0n) is 11.9. The minimum absolute atomic E-state index is 0.0694. The zero-order chi connectivity index (χ0) is 14.6. The molecule has 5 heteroatoms. The molecule has 0 aromatic heterocycles. The number of halogens is 1. The van der Waals surface area contributed by atoms with E-state index in [-0.39, 0.29) is 5.84 Å². The second kappa shape index (κ2) is 6.52. The molecule has 0 amide bonds. The lowest BCUT2D eigenvalue weighted by Gasteiger charge is -2.28. The van der Waals surface area contributed by atoms with E-state index in [1.807, 2.05) is 7.05 Å². The summed E-state index contributed by atoms with van der Waals surface area (Å²) in [5.74, 6) is 0.0442. The van der Waals surface area contributed by atoms with E-state index in [0.29, 0.717) is 24.1 Å². The number of hydrogen-bond acceptors (Lipinski definition) is 3. The molecule has 0 spiro atoms. The summed E-state index contributed by atoms with van der Waals surface area (Å²) in [7, 11) is 2.00. The lowest BCUT2D eigenvalue weighted by Crippen LogP contribution is -2.33. The van der Waals surface area contributed by atoms with E-state index in [1.54, 1.807) is 6.07 Å². The van der Waals surface area contributed by atoms with Crippen LogP contribution in [0.25, 0.3) is 0 Å². The molecule has 0 aliphatic rings. The van der Waals surface area contributed by atoms with Gasteiger partial charge < -0.3 is 10.9 Å². The van der Waals surface area contributed by atoms with Gasteiger partial charge in [0.05, 0.1) is 0 Å². The van der Waals surface area contributed by atoms with Crippen molar-refractivity contribution in [3.05, 3.63) is 35.1 Å². The highest BCUT2D eigenvalue weighted by atomic mass is 19.1. The van der Waals surface area contributed by atoms with Gasteiger partial charge in [0, 0.05) is 18.2 Å². The first-order valence-electron chi connectivity index (χ1n) is 6.33. The largest absolute Gasteiger partial charge is 0.409 e. The summed E-state index contributed by atoms with van der Waals surface area (Å²) < 4.78 is 13.3. The van der Waals surface area contributed by atoms with E-state index in [4.69, 9.17) is 10.9 Å². The molecule has 0 heterocycles. The molecule has 0 fully saturated rings. The monoisotopic (exact) mass is 267 g/mol. The van der Waals surface area contributed by atoms with Gasteiger partial charge in [-0.2, -0.15) is 0 Å². The Balaban J connectivity index is 3.01. The SMILES string of the molecule is CC(C)C(C)N(C)Cc1ccc(F)cc1C(N)=NO. The van der Waals surface area contributed by atoms with Crippen LogP contribution in [-0.2, 0) is 6.54 Å². The third-order valence-corrected chi connectivity index (χ3v) is 3.54. The molecular formula is C14H22FN3O. The first kappa shape index (κ1) is 15.4. The smallest absolute Gasteiger partial charge is 0.170 e. The van der Waals surface area contributed by atoms with Gasteiger partial charge in [-0.15, -0.1) is 0 Å². The molecule has 0 aliphatic carbocycles. The van der Waals surface area contributed by atoms with Crippen LogP contribution in [0.1, 0.15) is 31.9 Å². The van der Waals surface area contributed by atoms with Crippen LogP contribution in [-0.4, -0.2) is 29.0 Å². The van der Waals surface area contributed by atoms with Crippen LogP contribution >= 0.6 is 0 Å². The van der Waals surface area contributed by atoms with Crippen molar-refractivity contribution >= 4 is 5.84 Å². The molecule has 106 valence electrons. The molecule has 0 aliphatic heterocycles. The predicted molar refractivity (Wildman–Crippen MR) is 74.7 cm³/mol. The van der Waals surface area contributed by atoms with Crippen molar-refractivity contribution in [3.63, 3.8) is 0 Å². The Morgan fingerprint density at radius 3 is 2.58 bits per heavy atom. The van der Waals surface area contributed by atoms with Gasteiger partial charge >= 0.3 is 0 Å². The van der Waals surface area contributed by atoms with E-state index < -0.39 is 5.82 Å². The normalized spacial score (nSPS) is 14.2. The molecule has 3 N–H and O–H groups in total. The standard InChI is InChI=1S/C14H22FN3O/c1-9(2)10(3)18(4)8-11-5-6-12(15)7-13(11)14(16)17-19/h5-7,9-10,19H,8H2,1-4H3,(H2,16,17). The average Bonchev–Trinajstić information content (AvgIpc) is 2.38. The summed E-state index contributed by atoms with van der Waals surface area (Å²) in [6.45, 7) is 7.05. The van der Waals surface area contributed by atoms with Crippen LogP contribution in [0.3, 0.4) is 0 Å². The lowest BCUT2D eigenvalue weighted by atomic mass is 10.0. The van der Waals surface area contributed by atoms with Gasteiger partial charge in [0.2, 0.25) is 0 Å². The first-order chi connectivity index (χ1) is 8.86. The van der Waals surface area contributed by atoms with E-state index >= 15 is 0 Å². The second-order valence-corrected chi connectivity index (χ2v) is 5.19. The zero-order valence-corrected chi connectivity index (χ0v) is 11.9. The van der Waals surface area contributed by atoms with E-state index in [9.17, 15) is 4.39 Å². The number of oxime groups is 1. The van der Waals surface area contributed by atoms with Gasteiger partial charge in [-0.25, -0.2) is 4.39 Å². The Morgan fingerprint density at radius 2 is 2.05 bits per heavy atom. The van der Waals surface area contributed by atoms with Gasteiger partial charge in [0.1, 0.15) is 5.82 Å². The van der Waals surface area contributed by atoms with Crippen LogP contribution in [0, 0.1) is 11.7 Å². The van der Waals surface area contributed by atoms with E-state index in [0.717, 1.165) is 5.56 Å². The van der Waals surface area contributed by atoms with Crippen LogP contribution in [0.15, 0.2) is 23.4 Å². The molecule has 1 aromatic carbocycles. The maximum absolute atomic E-state index is 13.3. The van der Waals surface area contributed by atoms with Gasteiger partial charge in [0.15, 0.2) is 5.84 Å². The topological polar surface area (TPSA) is 61.8 Å². The quantitative estimate of drug-likeness (QED) is 0.373. The second-order valence-electron chi connectivity index (χ2n) is 5.19. The minimum atomic E-state index is -0.398.